The maximum absolute atomic E-state index is 10.1. The Morgan fingerprint density at radius 3 is 2.78 bits per heavy atom. The molecule has 1 aromatic rings. The average molecular weight is 127 g/mol. The molecule has 0 radical (unpaired) electrons. The van der Waals surface area contributed by atoms with Gasteiger partial charge in [-0.2, -0.15) is 0 Å². The van der Waals surface area contributed by atoms with Gasteiger partial charge < -0.3 is 5.11 Å². The van der Waals surface area contributed by atoms with Crippen LogP contribution in [0.3, 0.4) is 0 Å². The van der Waals surface area contributed by atoms with Gasteiger partial charge in [-0.1, -0.05) is 0 Å². The minimum absolute atomic E-state index is 0.169. The molecule has 0 saturated heterocycles. The van der Waals surface area contributed by atoms with Crippen molar-refractivity contribution in [2.45, 2.75) is 0 Å². The Bertz CT molecular complexity index is 229. The molecule has 48 valence electrons. The van der Waals surface area contributed by atoms with Crippen LogP contribution in [0.2, 0.25) is 0 Å². The van der Waals surface area contributed by atoms with Crippen molar-refractivity contribution in [1.82, 2.24) is 14.8 Å². The molecule has 5 heteroatoms. The van der Waals surface area contributed by atoms with Crippen molar-refractivity contribution in [1.29, 1.82) is 0 Å². The van der Waals surface area contributed by atoms with Gasteiger partial charge in [0, 0.05) is 7.05 Å². The third kappa shape index (κ3) is 1.04. The SMILES string of the molecule is Cn1cnc(C(=O)O)n1. The molecule has 0 atom stereocenters. The van der Waals surface area contributed by atoms with Gasteiger partial charge in [0.05, 0.1) is 0 Å². The molecule has 0 amide bonds. The van der Waals surface area contributed by atoms with Crippen molar-refractivity contribution in [2.24, 2.45) is 7.05 Å². The molecular formula is C4H5N3O2. The molecule has 0 spiro atoms. The maximum atomic E-state index is 10.1. The van der Waals surface area contributed by atoms with Crippen molar-refractivity contribution >= 4 is 5.97 Å². The van der Waals surface area contributed by atoms with Crippen LogP contribution >= 0.6 is 0 Å². The van der Waals surface area contributed by atoms with Crippen LogP contribution in [0, 0.1) is 0 Å². The van der Waals surface area contributed by atoms with Gasteiger partial charge in [0.15, 0.2) is 0 Å². The Morgan fingerprint density at radius 2 is 2.56 bits per heavy atom. The summed E-state index contributed by atoms with van der Waals surface area (Å²) < 4.78 is 1.34. The van der Waals surface area contributed by atoms with Crippen LogP contribution in [-0.2, 0) is 7.05 Å². The zero-order valence-electron chi connectivity index (χ0n) is 4.77. The Kier molecular flexibility index (Phi) is 1.18. The highest BCUT2D eigenvalue weighted by atomic mass is 16.4. The molecule has 1 aromatic heterocycles. The second kappa shape index (κ2) is 1.85. The summed E-state index contributed by atoms with van der Waals surface area (Å²) in [5.41, 5.74) is 0. The molecule has 9 heavy (non-hydrogen) atoms. The van der Waals surface area contributed by atoms with E-state index in [1.165, 1.54) is 11.0 Å². The number of aryl methyl sites for hydroxylation is 1. The normalized spacial score (nSPS) is 9.44. The highest BCUT2D eigenvalue weighted by Crippen LogP contribution is 1.84. The van der Waals surface area contributed by atoms with Crippen LogP contribution in [-0.4, -0.2) is 25.8 Å². The summed E-state index contributed by atoms with van der Waals surface area (Å²) in [7, 11) is 1.61. The highest BCUT2D eigenvalue weighted by Gasteiger charge is 2.05. The van der Waals surface area contributed by atoms with Gasteiger partial charge in [-0.05, 0) is 0 Å². The van der Waals surface area contributed by atoms with Gasteiger partial charge in [0.1, 0.15) is 6.33 Å². The molecule has 1 heterocycles. The summed E-state index contributed by atoms with van der Waals surface area (Å²) in [6, 6.07) is 0. The molecule has 0 aromatic carbocycles. The molecule has 5 nitrogen and oxygen atoms in total. The van der Waals surface area contributed by atoms with E-state index in [4.69, 9.17) is 5.11 Å². The van der Waals surface area contributed by atoms with E-state index < -0.39 is 5.97 Å². The van der Waals surface area contributed by atoms with E-state index in [-0.39, 0.29) is 5.82 Å². The lowest BCUT2D eigenvalue weighted by Crippen LogP contribution is -2.00. The van der Waals surface area contributed by atoms with Crippen molar-refractivity contribution in [3.63, 3.8) is 0 Å². The third-order valence-corrected chi connectivity index (χ3v) is 0.791. The minimum atomic E-state index is -1.10. The summed E-state index contributed by atoms with van der Waals surface area (Å²) in [6.45, 7) is 0. The molecule has 0 aliphatic carbocycles. The molecule has 0 unspecified atom stereocenters. The monoisotopic (exact) mass is 127 g/mol. The first-order valence-corrected chi connectivity index (χ1v) is 2.29. The smallest absolute Gasteiger partial charge is 0.375 e. The fourth-order valence-corrected chi connectivity index (χ4v) is 0.437. The first-order chi connectivity index (χ1) is 4.20. The summed E-state index contributed by atoms with van der Waals surface area (Å²) in [5, 5.41) is 11.8. The van der Waals surface area contributed by atoms with Gasteiger partial charge in [-0.15, -0.1) is 5.10 Å². The fourth-order valence-electron chi connectivity index (χ4n) is 0.437. The number of aromatic nitrogens is 3. The Balaban J connectivity index is 2.98. The second-order valence-corrected chi connectivity index (χ2v) is 1.55. The quantitative estimate of drug-likeness (QED) is 0.552. The number of carboxylic acids is 1. The predicted molar refractivity (Wildman–Crippen MR) is 28.0 cm³/mol. The number of carboxylic acid groups (broad SMARTS) is 1. The number of nitrogens with zero attached hydrogens (tertiary/aromatic N) is 3. The zero-order chi connectivity index (χ0) is 6.85. The lowest BCUT2D eigenvalue weighted by atomic mass is 10.7. The molecule has 1 N–H and O–H groups in total. The fraction of sp³-hybridized carbons (Fsp3) is 0.250. The van der Waals surface area contributed by atoms with E-state index in [1.807, 2.05) is 0 Å². The number of rotatable bonds is 1. The molecule has 0 aliphatic rings. The van der Waals surface area contributed by atoms with E-state index in [1.54, 1.807) is 7.05 Å². The van der Waals surface area contributed by atoms with E-state index in [0.29, 0.717) is 0 Å². The Labute approximate surface area is 50.9 Å². The summed E-state index contributed by atoms with van der Waals surface area (Å²) in [5.74, 6) is -1.27. The molecule has 0 bridgehead atoms. The summed E-state index contributed by atoms with van der Waals surface area (Å²) in [6.07, 6.45) is 1.34. The lowest BCUT2D eigenvalue weighted by molar-refractivity contribution is 0.0683. The first-order valence-electron chi connectivity index (χ1n) is 2.29. The number of aromatic carboxylic acids is 1. The van der Waals surface area contributed by atoms with E-state index >= 15 is 0 Å². The lowest BCUT2D eigenvalue weighted by Gasteiger charge is -1.80. The molecule has 0 fully saturated rings. The van der Waals surface area contributed by atoms with Crippen molar-refractivity contribution in [2.75, 3.05) is 0 Å². The minimum Gasteiger partial charge on any atom is -0.475 e. The van der Waals surface area contributed by atoms with Crippen molar-refractivity contribution < 1.29 is 9.90 Å². The first kappa shape index (κ1) is 5.74. The summed E-state index contributed by atoms with van der Waals surface area (Å²) >= 11 is 0. The topological polar surface area (TPSA) is 68.0 Å². The number of hydrogen-bond donors (Lipinski definition) is 1. The van der Waals surface area contributed by atoms with Crippen molar-refractivity contribution in [3.05, 3.63) is 12.2 Å². The molecule has 0 saturated carbocycles. The Morgan fingerprint density at radius 1 is 1.89 bits per heavy atom. The van der Waals surface area contributed by atoms with Crippen LogP contribution in [0.15, 0.2) is 6.33 Å². The third-order valence-electron chi connectivity index (χ3n) is 0.791. The molecule has 0 aliphatic heterocycles. The van der Waals surface area contributed by atoms with Crippen LogP contribution in [0.25, 0.3) is 0 Å². The van der Waals surface area contributed by atoms with Crippen LogP contribution in [0.1, 0.15) is 10.6 Å². The maximum Gasteiger partial charge on any atom is 0.375 e. The van der Waals surface area contributed by atoms with Crippen molar-refractivity contribution in [3.8, 4) is 0 Å². The molecule has 1 rings (SSSR count). The Hall–Kier alpha value is -1.39. The number of carbonyl (C=O) groups is 1. The zero-order valence-corrected chi connectivity index (χ0v) is 4.77. The van der Waals surface area contributed by atoms with E-state index in [0.717, 1.165) is 0 Å². The highest BCUT2D eigenvalue weighted by molar-refractivity contribution is 5.82. The van der Waals surface area contributed by atoms with Crippen LogP contribution in [0.5, 0.6) is 0 Å². The average Bonchev–Trinajstić information content (AvgIpc) is 2.14. The van der Waals surface area contributed by atoms with E-state index in [2.05, 4.69) is 10.1 Å². The molecular weight excluding hydrogens is 122 g/mol. The van der Waals surface area contributed by atoms with E-state index in [9.17, 15) is 4.79 Å². The second-order valence-electron chi connectivity index (χ2n) is 1.55. The van der Waals surface area contributed by atoms with Gasteiger partial charge in [0.25, 0.3) is 5.82 Å². The van der Waals surface area contributed by atoms with Crippen LogP contribution in [0.4, 0.5) is 0 Å². The van der Waals surface area contributed by atoms with Crippen LogP contribution < -0.4 is 0 Å². The van der Waals surface area contributed by atoms with Gasteiger partial charge in [-0.25, -0.2) is 9.78 Å². The largest absolute Gasteiger partial charge is 0.475 e. The summed E-state index contributed by atoms with van der Waals surface area (Å²) in [4.78, 5) is 13.5. The van der Waals surface area contributed by atoms with Gasteiger partial charge in [-0.3, -0.25) is 4.68 Å². The van der Waals surface area contributed by atoms with Gasteiger partial charge in [0.2, 0.25) is 0 Å². The van der Waals surface area contributed by atoms with Gasteiger partial charge >= 0.3 is 5.97 Å². The number of hydrogen-bond acceptors (Lipinski definition) is 3. The predicted octanol–water partition coefficient (Wildman–Crippen LogP) is -0.487. The standard InChI is InChI=1S/C4H5N3O2/c1-7-2-5-3(6-7)4(8)9/h2H,1H3,(H,8,9).